The monoisotopic (exact) mass is 374 g/mol. The largest absolute Gasteiger partial charge is 0.488 e. The molecule has 0 bridgehead atoms. The summed E-state index contributed by atoms with van der Waals surface area (Å²) in [6.45, 7) is 1.94. The van der Waals surface area contributed by atoms with Gasteiger partial charge in [-0.2, -0.15) is 0 Å². The molecule has 0 aromatic heterocycles. The van der Waals surface area contributed by atoms with E-state index in [9.17, 15) is 5.11 Å². The van der Waals surface area contributed by atoms with Crippen molar-refractivity contribution in [2.24, 2.45) is 0 Å². The average molecular weight is 376 g/mol. The van der Waals surface area contributed by atoms with Crippen LogP contribution in [0.15, 0.2) is 40.9 Å². The first-order valence-corrected chi connectivity index (χ1v) is 7.57. The summed E-state index contributed by atoms with van der Waals surface area (Å²) in [5, 5.41) is 10.9. The Balaban J connectivity index is 2.23. The van der Waals surface area contributed by atoms with E-state index in [4.69, 9.17) is 27.9 Å². The molecular weight excluding hydrogens is 363 g/mol. The third-order valence-corrected chi connectivity index (χ3v) is 4.06. The molecule has 5 heteroatoms. The summed E-state index contributed by atoms with van der Waals surface area (Å²) in [6, 6.07) is 10.8. The molecule has 0 fully saturated rings. The Morgan fingerprint density at radius 2 is 1.85 bits per heavy atom. The van der Waals surface area contributed by atoms with E-state index in [-0.39, 0.29) is 6.61 Å². The molecule has 0 saturated carbocycles. The zero-order valence-corrected chi connectivity index (χ0v) is 13.8. The molecule has 1 atom stereocenters. The summed E-state index contributed by atoms with van der Waals surface area (Å²) >= 11 is 15.6. The molecule has 0 radical (unpaired) electrons. The predicted octanol–water partition coefficient (Wildman–Crippen LogP) is 5.39. The molecule has 2 nitrogen and oxygen atoms in total. The van der Waals surface area contributed by atoms with Gasteiger partial charge in [-0.25, -0.2) is 0 Å². The van der Waals surface area contributed by atoms with Crippen molar-refractivity contribution in [2.75, 3.05) is 0 Å². The van der Waals surface area contributed by atoms with Gasteiger partial charge in [-0.15, -0.1) is 0 Å². The highest BCUT2D eigenvalue weighted by atomic mass is 79.9. The van der Waals surface area contributed by atoms with E-state index in [0.717, 1.165) is 10.0 Å². The lowest BCUT2D eigenvalue weighted by atomic mass is 10.1. The number of halogens is 3. The summed E-state index contributed by atoms with van der Waals surface area (Å²) < 4.78 is 6.64. The van der Waals surface area contributed by atoms with Crippen LogP contribution in [0.3, 0.4) is 0 Å². The lowest BCUT2D eigenvalue weighted by Gasteiger charge is -2.15. The molecule has 0 heterocycles. The second-order valence-electron chi connectivity index (χ2n) is 4.35. The molecule has 0 spiro atoms. The van der Waals surface area contributed by atoms with Gasteiger partial charge in [0, 0.05) is 25.6 Å². The molecule has 0 saturated heterocycles. The zero-order valence-electron chi connectivity index (χ0n) is 10.7. The molecule has 0 aliphatic rings. The molecule has 2 aromatic rings. The van der Waals surface area contributed by atoms with Gasteiger partial charge in [0.05, 0.1) is 6.10 Å². The number of hydrogen-bond acceptors (Lipinski definition) is 2. The molecule has 1 N–H and O–H groups in total. The van der Waals surface area contributed by atoms with E-state index >= 15 is 0 Å². The SMILES string of the molecule is CC(O)c1cc(Br)ccc1OCc1c(Cl)cccc1Cl. The van der Waals surface area contributed by atoms with Gasteiger partial charge in [-0.05, 0) is 37.3 Å². The fourth-order valence-corrected chi connectivity index (χ4v) is 2.68. The van der Waals surface area contributed by atoms with Crippen molar-refractivity contribution < 1.29 is 9.84 Å². The minimum atomic E-state index is -0.621. The number of aliphatic hydroxyl groups is 1. The quantitative estimate of drug-likeness (QED) is 0.776. The first kappa shape index (κ1) is 15.6. The van der Waals surface area contributed by atoms with Crippen molar-refractivity contribution in [1.29, 1.82) is 0 Å². The number of aliphatic hydroxyl groups excluding tert-OH is 1. The van der Waals surface area contributed by atoms with Crippen molar-refractivity contribution in [3.63, 3.8) is 0 Å². The van der Waals surface area contributed by atoms with E-state index in [0.29, 0.717) is 21.4 Å². The van der Waals surface area contributed by atoms with Crippen LogP contribution in [0.5, 0.6) is 5.75 Å². The zero-order chi connectivity index (χ0) is 14.7. The Morgan fingerprint density at radius 3 is 2.45 bits per heavy atom. The molecule has 0 aliphatic heterocycles. The fraction of sp³-hybridized carbons (Fsp3) is 0.200. The molecule has 20 heavy (non-hydrogen) atoms. The Bertz CT molecular complexity index is 595. The van der Waals surface area contributed by atoms with Crippen LogP contribution < -0.4 is 4.74 Å². The lowest BCUT2D eigenvalue weighted by molar-refractivity contribution is 0.190. The summed E-state index contributed by atoms with van der Waals surface area (Å²) in [5.41, 5.74) is 1.44. The second-order valence-corrected chi connectivity index (χ2v) is 6.08. The number of ether oxygens (including phenoxy) is 1. The van der Waals surface area contributed by atoms with E-state index in [2.05, 4.69) is 15.9 Å². The number of hydrogen-bond donors (Lipinski definition) is 1. The Hall–Kier alpha value is -0.740. The number of rotatable bonds is 4. The molecule has 0 amide bonds. The summed E-state index contributed by atoms with van der Waals surface area (Å²) in [5.74, 6) is 0.610. The van der Waals surface area contributed by atoms with Crippen molar-refractivity contribution in [3.05, 3.63) is 62.0 Å². The van der Waals surface area contributed by atoms with Crippen molar-refractivity contribution in [3.8, 4) is 5.75 Å². The van der Waals surface area contributed by atoms with Crippen LogP contribution in [0.25, 0.3) is 0 Å². The highest BCUT2D eigenvalue weighted by Crippen LogP contribution is 2.31. The highest BCUT2D eigenvalue weighted by molar-refractivity contribution is 9.10. The molecular formula is C15H13BrCl2O2. The summed E-state index contributed by atoms with van der Waals surface area (Å²) in [7, 11) is 0. The number of benzene rings is 2. The van der Waals surface area contributed by atoms with Gasteiger partial charge in [0.25, 0.3) is 0 Å². The third-order valence-electron chi connectivity index (χ3n) is 2.86. The van der Waals surface area contributed by atoms with Crippen LogP contribution in [-0.4, -0.2) is 5.11 Å². The topological polar surface area (TPSA) is 29.5 Å². The predicted molar refractivity (Wildman–Crippen MR) is 85.6 cm³/mol. The van der Waals surface area contributed by atoms with E-state index in [1.54, 1.807) is 31.2 Å². The van der Waals surface area contributed by atoms with Gasteiger partial charge in [-0.3, -0.25) is 0 Å². The van der Waals surface area contributed by atoms with Gasteiger partial charge in [-0.1, -0.05) is 45.2 Å². The van der Waals surface area contributed by atoms with Gasteiger partial charge in [0.1, 0.15) is 12.4 Å². The maximum Gasteiger partial charge on any atom is 0.125 e. The van der Waals surface area contributed by atoms with Crippen LogP contribution in [0.4, 0.5) is 0 Å². The highest BCUT2D eigenvalue weighted by Gasteiger charge is 2.12. The van der Waals surface area contributed by atoms with Crippen molar-refractivity contribution in [2.45, 2.75) is 19.6 Å². The van der Waals surface area contributed by atoms with E-state index in [1.165, 1.54) is 0 Å². The standard InChI is InChI=1S/C15H13BrCl2O2/c1-9(19)11-7-10(16)5-6-15(11)20-8-12-13(17)3-2-4-14(12)18/h2-7,9,19H,8H2,1H3. The van der Waals surface area contributed by atoms with Gasteiger partial charge in [0.15, 0.2) is 0 Å². The summed E-state index contributed by atoms with van der Waals surface area (Å²) in [4.78, 5) is 0. The maximum absolute atomic E-state index is 9.78. The average Bonchev–Trinajstić information content (AvgIpc) is 2.39. The summed E-state index contributed by atoms with van der Waals surface area (Å²) in [6.07, 6.45) is -0.621. The molecule has 2 rings (SSSR count). The molecule has 2 aromatic carbocycles. The molecule has 0 aliphatic carbocycles. The first-order chi connectivity index (χ1) is 9.49. The van der Waals surface area contributed by atoms with Gasteiger partial charge < -0.3 is 9.84 Å². The lowest BCUT2D eigenvalue weighted by Crippen LogP contribution is -2.02. The van der Waals surface area contributed by atoms with Crippen LogP contribution in [0.2, 0.25) is 10.0 Å². The molecule has 1 unspecified atom stereocenters. The van der Waals surface area contributed by atoms with Crippen molar-refractivity contribution >= 4 is 39.1 Å². The maximum atomic E-state index is 9.78. The Kier molecular flexibility index (Phi) is 5.33. The Labute approximate surface area is 136 Å². The fourth-order valence-electron chi connectivity index (χ4n) is 1.80. The second kappa shape index (κ2) is 6.81. The van der Waals surface area contributed by atoms with Gasteiger partial charge >= 0.3 is 0 Å². The minimum Gasteiger partial charge on any atom is -0.488 e. The smallest absolute Gasteiger partial charge is 0.125 e. The van der Waals surface area contributed by atoms with E-state index in [1.807, 2.05) is 12.1 Å². The van der Waals surface area contributed by atoms with Gasteiger partial charge in [0.2, 0.25) is 0 Å². The van der Waals surface area contributed by atoms with Crippen LogP contribution in [-0.2, 0) is 6.61 Å². The minimum absolute atomic E-state index is 0.250. The molecule has 106 valence electrons. The van der Waals surface area contributed by atoms with Crippen LogP contribution in [0, 0.1) is 0 Å². The normalized spacial score (nSPS) is 12.2. The Morgan fingerprint density at radius 1 is 1.20 bits per heavy atom. The first-order valence-electron chi connectivity index (χ1n) is 6.02. The third kappa shape index (κ3) is 3.67. The van der Waals surface area contributed by atoms with Crippen LogP contribution in [0.1, 0.15) is 24.2 Å². The van der Waals surface area contributed by atoms with Crippen LogP contribution >= 0.6 is 39.1 Å². The van der Waals surface area contributed by atoms with E-state index < -0.39 is 6.10 Å². The van der Waals surface area contributed by atoms with Crippen molar-refractivity contribution in [1.82, 2.24) is 0 Å².